The predicted molar refractivity (Wildman–Crippen MR) is 85.3 cm³/mol. The van der Waals surface area contributed by atoms with Crippen molar-refractivity contribution in [1.29, 1.82) is 0 Å². The van der Waals surface area contributed by atoms with Crippen molar-refractivity contribution in [2.24, 2.45) is 0 Å². The number of halogens is 2. The van der Waals surface area contributed by atoms with Crippen LogP contribution in [-0.4, -0.2) is 12.5 Å². The zero-order chi connectivity index (χ0) is 14.8. The van der Waals surface area contributed by atoms with Gasteiger partial charge in [0.05, 0.1) is 5.69 Å². The van der Waals surface area contributed by atoms with Gasteiger partial charge in [0.1, 0.15) is 5.82 Å². The molecule has 0 fully saturated rings. The maximum atomic E-state index is 13.1. The van der Waals surface area contributed by atoms with E-state index in [1.807, 2.05) is 18.2 Å². The minimum atomic E-state index is -0.346. The van der Waals surface area contributed by atoms with Crippen LogP contribution in [-0.2, 0) is 6.42 Å². The Hall–Kier alpha value is -1.88. The van der Waals surface area contributed by atoms with E-state index in [0.29, 0.717) is 15.7 Å². The molecule has 21 heavy (non-hydrogen) atoms. The van der Waals surface area contributed by atoms with Crippen LogP contribution in [0.3, 0.4) is 0 Å². The Balaban J connectivity index is 1.89. The Morgan fingerprint density at radius 2 is 2.14 bits per heavy atom. The van der Waals surface area contributed by atoms with Crippen LogP contribution in [0.1, 0.15) is 22.3 Å². The van der Waals surface area contributed by atoms with E-state index in [4.69, 9.17) is 0 Å². The lowest BCUT2D eigenvalue weighted by Gasteiger charge is -2.20. The smallest absolute Gasteiger partial charge is 0.256 e. The van der Waals surface area contributed by atoms with Gasteiger partial charge in [0.2, 0.25) is 0 Å². The fraction of sp³-hybridized carbons (Fsp3) is 0.188. The van der Waals surface area contributed by atoms with E-state index in [1.165, 1.54) is 12.1 Å². The van der Waals surface area contributed by atoms with Gasteiger partial charge in [0.25, 0.3) is 5.91 Å². The average molecular weight is 349 g/mol. The van der Waals surface area contributed by atoms with Crippen LogP contribution in [0.15, 0.2) is 40.9 Å². The highest BCUT2D eigenvalue weighted by Gasteiger charge is 2.18. The number of rotatable bonds is 2. The van der Waals surface area contributed by atoms with Crippen LogP contribution in [0.4, 0.5) is 15.8 Å². The van der Waals surface area contributed by atoms with Gasteiger partial charge in [-0.05, 0) is 64.7 Å². The van der Waals surface area contributed by atoms with Gasteiger partial charge in [-0.1, -0.05) is 6.07 Å². The number of hydrogen-bond acceptors (Lipinski definition) is 2. The first-order valence-corrected chi connectivity index (χ1v) is 7.56. The first-order chi connectivity index (χ1) is 10.1. The summed E-state index contributed by atoms with van der Waals surface area (Å²) in [7, 11) is 0. The van der Waals surface area contributed by atoms with Crippen molar-refractivity contribution in [3.05, 3.63) is 57.8 Å². The SMILES string of the molecule is O=C(Nc1ccc(F)cc1Br)c1cccc2c1CCCN2. The molecule has 2 N–H and O–H groups in total. The highest BCUT2D eigenvalue weighted by atomic mass is 79.9. The van der Waals surface area contributed by atoms with E-state index < -0.39 is 0 Å². The molecule has 108 valence electrons. The third-order valence-corrected chi connectivity index (χ3v) is 4.18. The van der Waals surface area contributed by atoms with Crippen LogP contribution in [0.25, 0.3) is 0 Å². The van der Waals surface area contributed by atoms with Crippen molar-refractivity contribution < 1.29 is 9.18 Å². The maximum absolute atomic E-state index is 13.1. The van der Waals surface area contributed by atoms with Crippen molar-refractivity contribution in [1.82, 2.24) is 0 Å². The molecule has 0 saturated heterocycles. The summed E-state index contributed by atoms with van der Waals surface area (Å²) in [6, 6.07) is 9.87. The summed E-state index contributed by atoms with van der Waals surface area (Å²) in [6.45, 7) is 0.932. The van der Waals surface area contributed by atoms with E-state index in [9.17, 15) is 9.18 Å². The van der Waals surface area contributed by atoms with Crippen molar-refractivity contribution in [3.63, 3.8) is 0 Å². The lowest BCUT2D eigenvalue weighted by molar-refractivity contribution is 0.102. The monoisotopic (exact) mass is 348 g/mol. The standard InChI is InChI=1S/C16H14BrFN2O/c17-13-9-10(18)6-7-15(13)20-16(21)12-3-1-5-14-11(12)4-2-8-19-14/h1,3,5-7,9,19H,2,4,8H2,(H,20,21). The molecule has 0 radical (unpaired) electrons. The molecular formula is C16H14BrFN2O. The molecular weight excluding hydrogens is 335 g/mol. The summed E-state index contributed by atoms with van der Waals surface area (Å²) in [5.74, 6) is -0.524. The van der Waals surface area contributed by atoms with Gasteiger partial charge >= 0.3 is 0 Å². The van der Waals surface area contributed by atoms with Crippen LogP contribution in [0, 0.1) is 5.82 Å². The Morgan fingerprint density at radius 1 is 1.29 bits per heavy atom. The molecule has 0 unspecified atom stereocenters. The molecule has 0 saturated carbocycles. The molecule has 0 aliphatic carbocycles. The molecule has 1 aliphatic rings. The lowest BCUT2D eigenvalue weighted by Crippen LogP contribution is -2.19. The van der Waals surface area contributed by atoms with Crippen LogP contribution in [0.5, 0.6) is 0 Å². The van der Waals surface area contributed by atoms with Gasteiger partial charge in [0.15, 0.2) is 0 Å². The van der Waals surface area contributed by atoms with E-state index in [-0.39, 0.29) is 11.7 Å². The molecule has 1 amide bonds. The van der Waals surface area contributed by atoms with Crippen molar-refractivity contribution in [2.45, 2.75) is 12.8 Å². The Morgan fingerprint density at radius 3 is 2.95 bits per heavy atom. The van der Waals surface area contributed by atoms with E-state index in [2.05, 4.69) is 26.6 Å². The number of hydrogen-bond donors (Lipinski definition) is 2. The van der Waals surface area contributed by atoms with Gasteiger partial charge in [0, 0.05) is 22.3 Å². The van der Waals surface area contributed by atoms with E-state index in [0.717, 1.165) is 30.6 Å². The number of anilines is 2. The lowest BCUT2D eigenvalue weighted by atomic mass is 9.97. The number of carbonyl (C=O) groups is 1. The highest BCUT2D eigenvalue weighted by molar-refractivity contribution is 9.10. The van der Waals surface area contributed by atoms with Gasteiger partial charge < -0.3 is 10.6 Å². The quantitative estimate of drug-likeness (QED) is 0.853. The summed E-state index contributed by atoms with van der Waals surface area (Å²) >= 11 is 3.26. The molecule has 0 aromatic heterocycles. The zero-order valence-electron chi connectivity index (χ0n) is 11.2. The molecule has 0 spiro atoms. The van der Waals surface area contributed by atoms with Crippen LogP contribution < -0.4 is 10.6 Å². The van der Waals surface area contributed by atoms with Gasteiger partial charge in [-0.3, -0.25) is 4.79 Å². The minimum absolute atomic E-state index is 0.178. The third kappa shape index (κ3) is 2.93. The maximum Gasteiger partial charge on any atom is 0.256 e. The summed E-state index contributed by atoms with van der Waals surface area (Å²) in [6.07, 6.45) is 1.90. The number of nitrogens with one attached hydrogen (secondary N) is 2. The predicted octanol–water partition coefficient (Wildman–Crippen LogP) is 4.20. The molecule has 0 bridgehead atoms. The normalized spacial score (nSPS) is 13.2. The number of benzene rings is 2. The molecule has 5 heteroatoms. The van der Waals surface area contributed by atoms with Gasteiger partial charge in [-0.2, -0.15) is 0 Å². The fourth-order valence-corrected chi connectivity index (χ4v) is 2.95. The number of fused-ring (bicyclic) bond motifs is 1. The molecule has 1 heterocycles. The summed E-state index contributed by atoms with van der Waals surface area (Å²) in [4.78, 5) is 12.5. The average Bonchev–Trinajstić information content (AvgIpc) is 2.49. The first kappa shape index (κ1) is 14.1. The van der Waals surface area contributed by atoms with Crippen molar-refractivity contribution in [2.75, 3.05) is 17.2 Å². The molecule has 1 aliphatic heterocycles. The van der Waals surface area contributed by atoms with Crippen LogP contribution >= 0.6 is 15.9 Å². The van der Waals surface area contributed by atoms with Gasteiger partial charge in [-0.15, -0.1) is 0 Å². The minimum Gasteiger partial charge on any atom is -0.385 e. The van der Waals surface area contributed by atoms with Crippen molar-refractivity contribution >= 4 is 33.2 Å². The number of amides is 1. The van der Waals surface area contributed by atoms with E-state index in [1.54, 1.807) is 6.07 Å². The topological polar surface area (TPSA) is 41.1 Å². The molecule has 2 aromatic carbocycles. The molecule has 3 nitrogen and oxygen atoms in total. The second-order valence-electron chi connectivity index (χ2n) is 4.94. The Bertz CT molecular complexity index is 703. The summed E-state index contributed by atoms with van der Waals surface area (Å²) in [5, 5.41) is 6.13. The van der Waals surface area contributed by atoms with Gasteiger partial charge in [-0.25, -0.2) is 4.39 Å². The highest BCUT2D eigenvalue weighted by Crippen LogP contribution is 2.28. The molecule has 0 atom stereocenters. The van der Waals surface area contributed by atoms with Crippen LogP contribution in [0.2, 0.25) is 0 Å². The largest absolute Gasteiger partial charge is 0.385 e. The number of carbonyl (C=O) groups excluding carboxylic acids is 1. The second-order valence-corrected chi connectivity index (χ2v) is 5.79. The van der Waals surface area contributed by atoms with Crippen molar-refractivity contribution in [3.8, 4) is 0 Å². The summed E-state index contributed by atoms with van der Waals surface area (Å²) in [5.41, 5.74) is 3.28. The Labute approximate surface area is 130 Å². The molecule has 2 aromatic rings. The third-order valence-electron chi connectivity index (χ3n) is 3.52. The molecule has 3 rings (SSSR count). The first-order valence-electron chi connectivity index (χ1n) is 6.77. The van der Waals surface area contributed by atoms with E-state index >= 15 is 0 Å². The fourth-order valence-electron chi connectivity index (χ4n) is 2.50. The summed E-state index contributed by atoms with van der Waals surface area (Å²) < 4.78 is 13.6. The Kier molecular flexibility index (Phi) is 3.92. The second kappa shape index (κ2) is 5.85. The zero-order valence-corrected chi connectivity index (χ0v) is 12.8.